The minimum atomic E-state index is -1.02. The number of hydrogen-bond acceptors (Lipinski definition) is 10. The summed E-state index contributed by atoms with van der Waals surface area (Å²) < 4.78 is 31.1. The van der Waals surface area contributed by atoms with Gasteiger partial charge < -0.3 is 23.8 Å². The van der Waals surface area contributed by atoms with Crippen LogP contribution in [0.15, 0.2) is 86.7 Å². The summed E-state index contributed by atoms with van der Waals surface area (Å²) in [6.45, 7) is 1.43. The van der Waals surface area contributed by atoms with E-state index in [4.69, 9.17) is 25.2 Å². The summed E-state index contributed by atoms with van der Waals surface area (Å²) in [7, 11) is 0. The predicted molar refractivity (Wildman–Crippen MR) is 164 cm³/mol. The molecule has 2 amide bonds. The van der Waals surface area contributed by atoms with Gasteiger partial charge in [0.15, 0.2) is 23.9 Å². The van der Waals surface area contributed by atoms with Gasteiger partial charge in [-0.25, -0.2) is 14.0 Å². The number of halogens is 2. The van der Waals surface area contributed by atoms with Crippen molar-refractivity contribution in [2.75, 3.05) is 11.9 Å². The van der Waals surface area contributed by atoms with Crippen molar-refractivity contribution in [2.24, 2.45) is 0 Å². The van der Waals surface area contributed by atoms with Crippen molar-refractivity contribution in [1.29, 1.82) is 0 Å². The molecule has 2 aromatic heterocycles. The molecular formula is C32H24ClFN6O7. The third-order valence-corrected chi connectivity index (χ3v) is 7.76. The van der Waals surface area contributed by atoms with E-state index < -0.39 is 35.5 Å². The van der Waals surface area contributed by atoms with Crippen LogP contribution in [0.25, 0.3) is 11.8 Å². The lowest BCUT2D eigenvalue weighted by atomic mass is 9.91. The number of anilines is 1. The van der Waals surface area contributed by atoms with Crippen LogP contribution in [0.1, 0.15) is 44.6 Å². The number of carbonyl (C=O) groups excluding carboxylic acids is 3. The molecule has 13 nitrogen and oxygen atoms in total. The average Bonchev–Trinajstić information content (AvgIpc) is 3.72. The second kappa shape index (κ2) is 13.2. The number of aromatic nitrogens is 4. The first kappa shape index (κ1) is 31.1. The number of aryl methyl sites for hydroxylation is 1. The van der Waals surface area contributed by atoms with Crippen molar-refractivity contribution in [1.82, 2.24) is 25.1 Å². The second-order valence-corrected chi connectivity index (χ2v) is 10.7. The summed E-state index contributed by atoms with van der Waals surface area (Å²) in [6.07, 6.45) is 4.23. The Morgan fingerprint density at radius 3 is 2.62 bits per heavy atom. The maximum Gasteiger partial charge on any atom is 0.519 e. The van der Waals surface area contributed by atoms with Crippen molar-refractivity contribution in [2.45, 2.75) is 26.0 Å². The molecule has 0 saturated carbocycles. The lowest BCUT2D eigenvalue weighted by Crippen LogP contribution is -2.44. The molecule has 5 aromatic rings. The topological polar surface area (TPSA) is 163 Å². The summed E-state index contributed by atoms with van der Waals surface area (Å²) in [6, 6.07) is 15.1. The van der Waals surface area contributed by atoms with Gasteiger partial charge in [0.25, 0.3) is 5.91 Å². The molecule has 0 bridgehead atoms. The van der Waals surface area contributed by atoms with Crippen LogP contribution in [0.5, 0.6) is 0 Å². The van der Waals surface area contributed by atoms with Gasteiger partial charge in [-0.2, -0.15) is 4.68 Å². The highest BCUT2D eigenvalue weighted by Gasteiger charge is 2.35. The third kappa shape index (κ3) is 6.58. The van der Waals surface area contributed by atoms with Crippen LogP contribution in [0.2, 0.25) is 5.02 Å². The molecule has 1 atom stereocenters. The van der Waals surface area contributed by atoms with Gasteiger partial charge in [-0.3, -0.25) is 9.59 Å². The largest absolute Gasteiger partial charge is 0.519 e. The summed E-state index contributed by atoms with van der Waals surface area (Å²) >= 11 is 6.02. The number of carbonyl (C=O) groups is 3. The smallest absolute Gasteiger partial charge is 0.454 e. The first-order valence-electron chi connectivity index (χ1n) is 14.1. The molecule has 0 spiro atoms. The van der Waals surface area contributed by atoms with Gasteiger partial charge in [0, 0.05) is 23.9 Å². The highest BCUT2D eigenvalue weighted by Crippen LogP contribution is 2.32. The summed E-state index contributed by atoms with van der Waals surface area (Å²) in [5, 5.41) is 13.6. The molecule has 15 heteroatoms. The second-order valence-electron chi connectivity index (χ2n) is 10.3. The Morgan fingerprint density at radius 2 is 1.89 bits per heavy atom. The standard InChI is InChI=1S/C32H24ClFN6O7/c1-18-26(47-32(44)46-18)16-45-31(43)20-6-8-21(9-7-20)36-30(42)29-22-5-3-2-4-19(22)14-15-39(29)27(41)13-10-23-25(40-17-35-37-38-40)12-11-24(33)28(23)34/h2-13,17,29H,14-16H2,1H3,(H,36,42)/b13-10+. The van der Waals surface area contributed by atoms with Crippen LogP contribution in [-0.4, -0.2) is 49.4 Å². The number of fused-ring (bicyclic) bond motifs is 1. The molecule has 3 heterocycles. The summed E-state index contributed by atoms with van der Waals surface area (Å²) in [4.78, 5) is 52.5. The van der Waals surface area contributed by atoms with Crippen LogP contribution in [-0.2, 0) is 27.4 Å². The predicted octanol–water partition coefficient (Wildman–Crippen LogP) is 4.44. The number of nitrogens with zero attached hydrogens (tertiary/aromatic N) is 5. The molecule has 0 aliphatic carbocycles. The van der Waals surface area contributed by atoms with Crippen molar-refractivity contribution in [3.8, 4) is 5.69 Å². The molecule has 0 saturated heterocycles. The zero-order chi connectivity index (χ0) is 33.1. The Labute approximate surface area is 270 Å². The van der Waals surface area contributed by atoms with Gasteiger partial charge in [-0.05, 0) is 77.4 Å². The molecule has 1 aliphatic rings. The quantitative estimate of drug-likeness (QED) is 0.186. The Balaban J connectivity index is 1.20. The van der Waals surface area contributed by atoms with Gasteiger partial charge in [-0.1, -0.05) is 35.9 Å². The van der Waals surface area contributed by atoms with E-state index >= 15 is 4.39 Å². The van der Waals surface area contributed by atoms with E-state index in [0.29, 0.717) is 17.7 Å². The van der Waals surface area contributed by atoms with Crippen LogP contribution >= 0.6 is 11.6 Å². The molecular weight excluding hydrogens is 635 g/mol. The SMILES string of the molecule is Cc1oc(=O)oc1COC(=O)c1ccc(NC(=O)C2c3ccccc3CCN2C(=O)/C=C/c2c(-n3cnnn3)ccc(Cl)c2F)cc1. The van der Waals surface area contributed by atoms with Crippen LogP contribution in [0.3, 0.4) is 0 Å². The van der Waals surface area contributed by atoms with E-state index in [-0.39, 0.29) is 46.5 Å². The molecule has 1 unspecified atom stereocenters. The summed E-state index contributed by atoms with van der Waals surface area (Å²) in [5.74, 6) is -3.08. The Hall–Kier alpha value is -5.89. The minimum absolute atomic E-state index is 0.0142. The van der Waals surface area contributed by atoms with E-state index in [1.165, 1.54) is 71.4 Å². The van der Waals surface area contributed by atoms with Gasteiger partial charge >= 0.3 is 11.8 Å². The highest BCUT2D eigenvalue weighted by molar-refractivity contribution is 6.31. The van der Waals surface area contributed by atoms with Crippen molar-refractivity contribution < 1.29 is 32.3 Å². The van der Waals surface area contributed by atoms with Gasteiger partial charge in [-0.15, -0.1) is 5.10 Å². The Bertz CT molecular complexity index is 2060. The van der Waals surface area contributed by atoms with E-state index in [1.54, 1.807) is 12.1 Å². The lowest BCUT2D eigenvalue weighted by molar-refractivity contribution is -0.135. The molecule has 1 N–H and O–H groups in total. The molecule has 47 heavy (non-hydrogen) atoms. The van der Waals surface area contributed by atoms with Gasteiger partial charge in [0.05, 0.1) is 16.3 Å². The fraction of sp³-hybridized carbons (Fsp3) is 0.156. The summed E-state index contributed by atoms with van der Waals surface area (Å²) in [5.41, 5.74) is 2.34. The van der Waals surface area contributed by atoms with E-state index in [1.807, 2.05) is 12.1 Å². The number of tetrazole rings is 1. The maximum absolute atomic E-state index is 15.1. The van der Waals surface area contributed by atoms with E-state index in [9.17, 15) is 19.2 Å². The van der Waals surface area contributed by atoms with Gasteiger partial charge in [0.2, 0.25) is 5.91 Å². The van der Waals surface area contributed by atoms with Crippen LogP contribution < -0.4 is 11.1 Å². The zero-order valence-corrected chi connectivity index (χ0v) is 25.3. The number of rotatable bonds is 8. The van der Waals surface area contributed by atoms with Crippen molar-refractivity contribution in [3.05, 3.63) is 128 Å². The van der Waals surface area contributed by atoms with E-state index in [0.717, 1.165) is 5.56 Å². The number of hydrogen-bond donors (Lipinski definition) is 1. The number of benzene rings is 3. The van der Waals surface area contributed by atoms with Crippen molar-refractivity contribution in [3.63, 3.8) is 0 Å². The monoisotopic (exact) mass is 658 g/mol. The maximum atomic E-state index is 15.1. The molecule has 238 valence electrons. The number of esters is 1. The first-order valence-corrected chi connectivity index (χ1v) is 14.5. The Kier molecular flexibility index (Phi) is 8.75. The fourth-order valence-electron chi connectivity index (χ4n) is 5.14. The molecule has 3 aromatic carbocycles. The number of ether oxygens (including phenoxy) is 1. The molecule has 0 radical (unpaired) electrons. The van der Waals surface area contributed by atoms with Crippen molar-refractivity contribution >= 4 is 41.1 Å². The van der Waals surface area contributed by atoms with Gasteiger partial charge in [0.1, 0.15) is 12.4 Å². The zero-order valence-electron chi connectivity index (χ0n) is 24.6. The molecule has 6 rings (SSSR count). The highest BCUT2D eigenvalue weighted by atomic mass is 35.5. The number of amides is 2. The molecule has 0 fully saturated rings. The third-order valence-electron chi connectivity index (χ3n) is 7.47. The molecule has 1 aliphatic heterocycles. The lowest BCUT2D eigenvalue weighted by Gasteiger charge is -2.35. The number of nitrogens with one attached hydrogen (secondary N) is 1. The average molecular weight is 659 g/mol. The van der Waals surface area contributed by atoms with E-state index in [2.05, 4.69) is 20.8 Å². The normalized spacial score (nSPS) is 14.2. The minimum Gasteiger partial charge on any atom is -0.454 e. The first-order chi connectivity index (χ1) is 22.7. The fourth-order valence-corrected chi connectivity index (χ4v) is 5.31. The van der Waals surface area contributed by atoms with Crippen LogP contribution in [0.4, 0.5) is 10.1 Å². The van der Waals surface area contributed by atoms with Crippen LogP contribution in [0, 0.1) is 12.7 Å². The Morgan fingerprint density at radius 1 is 1.11 bits per heavy atom.